The van der Waals surface area contributed by atoms with Crippen LogP contribution in [-0.2, 0) is 9.53 Å². The summed E-state index contributed by atoms with van der Waals surface area (Å²) in [6.07, 6.45) is 2.14. The lowest BCUT2D eigenvalue weighted by Crippen LogP contribution is -2.50. The van der Waals surface area contributed by atoms with E-state index in [2.05, 4.69) is 10.2 Å². The van der Waals surface area contributed by atoms with Gasteiger partial charge >= 0.3 is 0 Å². The first-order valence-electron chi connectivity index (χ1n) is 9.20. The lowest BCUT2D eigenvalue weighted by atomic mass is 9.95. The van der Waals surface area contributed by atoms with Gasteiger partial charge in [-0.05, 0) is 38.4 Å². The monoisotopic (exact) mass is 349 g/mol. The van der Waals surface area contributed by atoms with Crippen LogP contribution in [0.4, 0.5) is 4.39 Å². The van der Waals surface area contributed by atoms with Gasteiger partial charge in [0.2, 0.25) is 5.91 Å². The number of hydrogen-bond acceptors (Lipinski definition) is 4. The van der Waals surface area contributed by atoms with E-state index in [1.807, 2.05) is 11.9 Å². The lowest BCUT2D eigenvalue weighted by molar-refractivity contribution is -0.141. The summed E-state index contributed by atoms with van der Waals surface area (Å²) in [6, 6.07) is 6.10. The molecule has 1 aromatic carbocycles. The fourth-order valence-corrected chi connectivity index (χ4v) is 3.91. The molecule has 3 rings (SSSR count). The SMILES string of the molecule is CNCC1CCCN(C(=O)C(c2ccccc2F)N2CCOCC2)C1. The van der Waals surface area contributed by atoms with Crippen molar-refractivity contribution in [2.75, 3.05) is 53.0 Å². The number of rotatable bonds is 5. The zero-order chi connectivity index (χ0) is 17.6. The molecule has 6 heteroatoms. The number of piperidine rings is 1. The van der Waals surface area contributed by atoms with Gasteiger partial charge < -0.3 is 15.0 Å². The van der Waals surface area contributed by atoms with Gasteiger partial charge in [-0.1, -0.05) is 18.2 Å². The molecule has 1 N–H and O–H groups in total. The summed E-state index contributed by atoms with van der Waals surface area (Å²) in [5.74, 6) is 0.178. The predicted molar refractivity (Wildman–Crippen MR) is 94.8 cm³/mol. The van der Waals surface area contributed by atoms with Crippen LogP contribution in [0.2, 0.25) is 0 Å². The third-order valence-electron chi connectivity index (χ3n) is 5.17. The molecule has 2 fully saturated rings. The summed E-state index contributed by atoms with van der Waals surface area (Å²) in [4.78, 5) is 17.3. The smallest absolute Gasteiger partial charge is 0.244 e. The Morgan fingerprint density at radius 3 is 2.80 bits per heavy atom. The summed E-state index contributed by atoms with van der Waals surface area (Å²) >= 11 is 0. The van der Waals surface area contributed by atoms with Crippen LogP contribution in [0.5, 0.6) is 0 Å². The van der Waals surface area contributed by atoms with Crippen LogP contribution in [0.25, 0.3) is 0 Å². The molecule has 2 aliphatic rings. The summed E-state index contributed by atoms with van der Waals surface area (Å²) < 4.78 is 19.9. The Hall–Kier alpha value is -1.50. The zero-order valence-corrected chi connectivity index (χ0v) is 14.9. The zero-order valence-electron chi connectivity index (χ0n) is 14.9. The van der Waals surface area contributed by atoms with Crippen LogP contribution in [0.3, 0.4) is 0 Å². The first kappa shape index (κ1) is 18.3. The van der Waals surface area contributed by atoms with Crippen molar-refractivity contribution in [3.8, 4) is 0 Å². The average molecular weight is 349 g/mol. The molecule has 25 heavy (non-hydrogen) atoms. The number of likely N-dealkylation sites (tertiary alicyclic amines) is 1. The molecule has 138 valence electrons. The number of morpholine rings is 1. The minimum absolute atomic E-state index is 0.0211. The molecule has 0 radical (unpaired) electrons. The number of carbonyl (C=O) groups excluding carboxylic acids is 1. The number of halogens is 1. The van der Waals surface area contributed by atoms with Crippen molar-refractivity contribution in [2.45, 2.75) is 18.9 Å². The van der Waals surface area contributed by atoms with Crippen molar-refractivity contribution in [2.24, 2.45) is 5.92 Å². The van der Waals surface area contributed by atoms with E-state index in [9.17, 15) is 9.18 Å². The molecular formula is C19H28FN3O2. The number of nitrogens with zero attached hydrogens (tertiary/aromatic N) is 2. The second-order valence-electron chi connectivity index (χ2n) is 6.92. The van der Waals surface area contributed by atoms with Gasteiger partial charge in [0, 0.05) is 31.7 Å². The normalized spacial score (nSPS) is 23.4. The van der Waals surface area contributed by atoms with Gasteiger partial charge in [0.25, 0.3) is 0 Å². The van der Waals surface area contributed by atoms with E-state index in [1.165, 1.54) is 6.07 Å². The quantitative estimate of drug-likeness (QED) is 0.878. The predicted octanol–water partition coefficient (Wildman–Crippen LogP) is 1.66. The van der Waals surface area contributed by atoms with Crippen LogP contribution in [0.1, 0.15) is 24.4 Å². The van der Waals surface area contributed by atoms with Crippen molar-refractivity contribution in [3.63, 3.8) is 0 Å². The van der Waals surface area contributed by atoms with Gasteiger partial charge in [-0.3, -0.25) is 9.69 Å². The Balaban J connectivity index is 1.83. The van der Waals surface area contributed by atoms with E-state index in [-0.39, 0.29) is 11.7 Å². The highest BCUT2D eigenvalue weighted by Crippen LogP contribution is 2.28. The summed E-state index contributed by atoms with van der Waals surface area (Å²) in [6.45, 7) is 4.88. The Kier molecular flexibility index (Phi) is 6.39. The van der Waals surface area contributed by atoms with Crippen LogP contribution in [-0.4, -0.2) is 68.7 Å². The molecule has 1 amide bonds. The largest absolute Gasteiger partial charge is 0.379 e. The van der Waals surface area contributed by atoms with Crippen molar-refractivity contribution >= 4 is 5.91 Å². The highest BCUT2D eigenvalue weighted by Gasteiger charge is 2.35. The van der Waals surface area contributed by atoms with Crippen LogP contribution >= 0.6 is 0 Å². The number of amides is 1. The van der Waals surface area contributed by atoms with Crippen molar-refractivity contribution in [3.05, 3.63) is 35.6 Å². The Morgan fingerprint density at radius 1 is 1.32 bits per heavy atom. The van der Waals surface area contributed by atoms with E-state index in [0.29, 0.717) is 37.8 Å². The molecular weight excluding hydrogens is 321 g/mol. The fraction of sp³-hybridized carbons (Fsp3) is 0.632. The van der Waals surface area contributed by atoms with E-state index in [1.54, 1.807) is 18.2 Å². The summed E-state index contributed by atoms with van der Waals surface area (Å²) in [5, 5.41) is 3.21. The minimum atomic E-state index is -0.557. The van der Waals surface area contributed by atoms with Gasteiger partial charge in [0.15, 0.2) is 0 Å². The van der Waals surface area contributed by atoms with Gasteiger partial charge in [-0.2, -0.15) is 0 Å². The number of nitrogens with one attached hydrogen (secondary N) is 1. The highest BCUT2D eigenvalue weighted by molar-refractivity contribution is 5.83. The standard InChI is InChI=1S/C19H28FN3O2/c1-21-13-15-5-4-8-23(14-15)19(24)18(22-9-11-25-12-10-22)16-6-2-3-7-17(16)20/h2-3,6-7,15,18,21H,4-5,8-14H2,1H3. The number of carbonyl (C=O) groups is 1. The molecule has 2 atom stereocenters. The molecule has 2 heterocycles. The number of ether oxygens (including phenoxy) is 1. The highest BCUT2D eigenvalue weighted by atomic mass is 19.1. The topological polar surface area (TPSA) is 44.8 Å². The third kappa shape index (κ3) is 4.37. The van der Waals surface area contributed by atoms with E-state index in [0.717, 1.165) is 32.5 Å². The third-order valence-corrected chi connectivity index (χ3v) is 5.17. The Labute approximate surface area is 149 Å². The first-order valence-corrected chi connectivity index (χ1v) is 9.20. The molecule has 5 nitrogen and oxygen atoms in total. The van der Waals surface area contributed by atoms with Crippen LogP contribution in [0.15, 0.2) is 24.3 Å². The maximum atomic E-state index is 14.5. The maximum absolute atomic E-state index is 14.5. The molecule has 2 aliphatic heterocycles. The van der Waals surface area contributed by atoms with Crippen LogP contribution in [0, 0.1) is 11.7 Å². The molecule has 0 aliphatic carbocycles. The van der Waals surface area contributed by atoms with Crippen molar-refractivity contribution < 1.29 is 13.9 Å². The number of benzene rings is 1. The Morgan fingerprint density at radius 2 is 2.08 bits per heavy atom. The van der Waals surface area contributed by atoms with Gasteiger partial charge in [0.1, 0.15) is 11.9 Å². The summed E-state index contributed by atoms with van der Waals surface area (Å²) in [7, 11) is 1.94. The van der Waals surface area contributed by atoms with Crippen LogP contribution < -0.4 is 5.32 Å². The maximum Gasteiger partial charge on any atom is 0.244 e. The Bertz CT molecular complexity index is 576. The number of hydrogen-bond donors (Lipinski definition) is 1. The fourth-order valence-electron chi connectivity index (χ4n) is 3.91. The second-order valence-corrected chi connectivity index (χ2v) is 6.92. The molecule has 0 spiro atoms. The molecule has 1 aromatic rings. The van der Waals surface area contributed by atoms with Gasteiger partial charge in [-0.25, -0.2) is 4.39 Å². The molecule has 0 bridgehead atoms. The van der Waals surface area contributed by atoms with E-state index < -0.39 is 6.04 Å². The molecule has 2 unspecified atom stereocenters. The minimum Gasteiger partial charge on any atom is -0.379 e. The molecule has 0 saturated carbocycles. The molecule has 2 saturated heterocycles. The first-order chi connectivity index (χ1) is 12.2. The van der Waals surface area contributed by atoms with Crippen molar-refractivity contribution in [1.29, 1.82) is 0 Å². The van der Waals surface area contributed by atoms with Crippen molar-refractivity contribution in [1.82, 2.24) is 15.1 Å². The van der Waals surface area contributed by atoms with E-state index >= 15 is 0 Å². The van der Waals surface area contributed by atoms with Gasteiger partial charge in [-0.15, -0.1) is 0 Å². The average Bonchev–Trinajstić information content (AvgIpc) is 2.65. The molecule has 0 aromatic heterocycles. The lowest BCUT2D eigenvalue weighted by Gasteiger charge is -2.39. The summed E-state index contributed by atoms with van der Waals surface area (Å²) in [5.41, 5.74) is 0.477. The second kappa shape index (κ2) is 8.74. The van der Waals surface area contributed by atoms with Gasteiger partial charge in [0.05, 0.1) is 13.2 Å². The van der Waals surface area contributed by atoms with E-state index in [4.69, 9.17) is 4.74 Å².